The van der Waals surface area contributed by atoms with Gasteiger partial charge in [-0.25, -0.2) is 0 Å². The highest BCUT2D eigenvalue weighted by Gasteiger charge is 2.18. The van der Waals surface area contributed by atoms with Gasteiger partial charge < -0.3 is 15.8 Å². The van der Waals surface area contributed by atoms with Crippen molar-refractivity contribution >= 4 is 28.9 Å². The molecule has 8 heteroatoms. The minimum Gasteiger partial charge on any atom is -0.385 e. The summed E-state index contributed by atoms with van der Waals surface area (Å²) in [7, 11) is 1.58. The quantitative estimate of drug-likeness (QED) is 0.456. The predicted molar refractivity (Wildman–Crippen MR) is 80.6 cm³/mol. The fourth-order valence-electron chi connectivity index (χ4n) is 1.74. The zero-order valence-electron chi connectivity index (χ0n) is 11.9. The Morgan fingerprint density at radius 1 is 1.57 bits per heavy atom. The van der Waals surface area contributed by atoms with Gasteiger partial charge in [-0.2, -0.15) is 0 Å². The van der Waals surface area contributed by atoms with E-state index in [1.54, 1.807) is 14.0 Å². The van der Waals surface area contributed by atoms with Crippen molar-refractivity contribution in [1.82, 2.24) is 0 Å². The molecule has 0 aliphatic heterocycles. The van der Waals surface area contributed by atoms with E-state index < -0.39 is 11.0 Å². The number of hydrogen-bond donors (Lipinski definition) is 2. The van der Waals surface area contributed by atoms with E-state index >= 15 is 0 Å². The van der Waals surface area contributed by atoms with Gasteiger partial charge in [-0.15, -0.1) is 0 Å². The molecule has 0 fully saturated rings. The minimum atomic E-state index is -0.673. The zero-order chi connectivity index (χ0) is 16.0. The van der Waals surface area contributed by atoms with Gasteiger partial charge in [0.05, 0.1) is 11.0 Å². The number of nitrogens with two attached hydrogens (primary N) is 1. The molecule has 0 aliphatic carbocycles. The SMILES string of the molecule is COCCCC(N)C(=O)Nc1cc(Cl)c([N+](=O)[O-])cc1C. The molecule has 7 nitrogen and oxygen atoms in total. The molecule has 0 aromatic heterocycles. The molecule has 3 N–H and O–H groups in total. The van der Waals surface area contributed by atoms with Crippen LogP contribution in [-0.2, 0) is 9.53 Å². The molecular weight excluding hydrogens is 298 g/mol. The lowest BCUT2D eigenvalue weighted by Crippen LogP contribution is -2.35. The van der Waals surface area contributed by atoms with E-state index in [0.29, 0.717) is 30.7 Å². The van der Waals surface area contributed by atoms with E-state index in [1.807, 2.05) is 0 Å². The van der Waals surface area contributed by atoms with Crippen LogP contribution in [0.4, 0.5) is 11.4 Å². The summed E-state index contributed by atoms with van der Waals surface area (Å²) >= 11 is 5.82. The van der Waals surface area contributed by atoms with Gasteiger partial charge in [0.25, 0.3) is 5.69 Å². The summed E-state index contributed by atoms with van der Waals surface area (Å²) in [6.07, 6.45) is 1.16. The van der Waals surface area contributed by atoms with Crippen LogP contribution in [0.2, 0.25) is 5.02 Å². The maximum atomic E-state index is 11.9. The molecule has 0 heterocycles. The van der Waals surface area contributed by atoms with Crippen LogP contribution in [0.1, 0.15) is 18.4 Å². The zero-order valence-corrected chi connectivity index (χ0v) is 12.6. The standard InChI is InChI=1S/C13H18ClN3O4/c1-8-6-12(17(19)20)9(14)7-11(8)16-13(18)10(15)4-3-5-21-2/h6-7,10H,3-5,15H2,1-2H3,(H,16,18). The van der Waals surface area contributed by atoms with Crippen molar-refractivity contribution in [3.8, 4) is 0 Å². The Bertz CT molecular complexity index is 536. The molecule has 0 radical (unpaired) electrons. The van der Waals surface area contributed by atoms with E-state index in [1.165, 1.54) is 12.1 Å². The van der Waals surface area contributed by atoms with Crippen LogP contribution in [0.5, 0.6) is 0 Å². The highest BCUT2D eigenvalue weighted by molar-refractivity contribution is 6.33. The first kappa shape index (κ1) is 17.4. The number of methoxy groups -OCH3 is 1. The first-order valence-corrected chi connectivity index (χ1v) is 6.74. The number of benzene rings is 1. The van der Waals surface area contributed by atoms with Crippen LogP contribution >= 0.6 is 11.6 Å². The highest BCUT2D eigenvalue weighted by atomic mass is 35.5. The van der Waals surface area contributed by atoms with E-state index in [0.717, 1.165) is 0 Å². The van der Waals surface area contributed by atoms with E-state index in [4.69, 9.17) is 22.1 Å². The lowest BCUT2D eigenvalue weighted by Gasteiger charge is -2.14. The van der Waals surface area contributed by atoms with Crippen molar-refractivity contribution in [3.63, 3.8) is 0 Å². The first-order valence-electron chi connectivity index (χ1n) is 6.36. The molecule has 0 spiro atoms. The third kappa shape index (κ3) is 4.96. The molecule has 0 saturated carbocycles. The molecule has 116 valence electrons. The number of amides is 1. The van der Waals surface area contributed by atoms with Crippen molar-refractivity contribution in [2.75, 3.05) is 19.0 Å². The number of halogens is 1. The fraction of sp³-hybridized carbons (Fsp3) is 0.462. The summed E-state index contributed by atoms with van der Waals surface area (Å²) < 4.78 is 4.89. The second kappa shape index (κ2) is 7.92. The van der Waals surface area contributed by atoms with E-state index in [2.05, 4.69) is 5.32 Å². The number of hydrogen-bond acceptors (Lipinski definition) is 5. The molecule has 1 amide bonds. The van der Waals surface area contributed by atoms with Crippen LogP contribution < -0.4 is 11.1 Å². The van der Waals surface area contributed by atoms with Gasteiger partial charge in [0.2, 0.25) is 5.91 Å². The molecule has 1 rings (SSSR count). The van der Waals surface area contributed by atoms with Crippen molar-refractivity contribution in [2.24, 2.45) is 5.73 Å². The maximum Gasteiger partial charge on any atom is 0.288 e. The summed E-state index contributed by atoms with van der Waals surface area (Å²) in [5.74, 6) is -0.362. The normalized spacial score (nSPS) is 12.0. The van der Waals surface area contributed by atoms with Crippen molar-refractivity contribution in [2.45, 2.75) is 25.8 Å². The summed E-state index contributed by atoms with van der Waals surface area (Å²) in [6.45, 7) is 2.18. The highest BCUT2D eigenvalue weighted by Crippen LogP contribution is 2.30. The molecule has 1 unspecified atom stereocenters. The summed E-state index contributed by atoms with van der Waals surface area (Å²) in [5, 5.41) is 13.4. The molecule has 1 aromatic rings. The fourth-order valence-corrected chi connectivity index (χ4v) is 1.98. The number of ether oxygens (including phenoxy) is 1. The number of anilines is 1. The number of carbonyl (C=O) groups excluding carboxylic acids is 1. The van der Waals surface area contributed by atoms with Crippen LogP contribution in [0.3, 0.4) is 0 Å². The number of nitrogens with zero attached hydrogens (tertiary/aromatic N) is 1. The second-order valence-corrected chi connectivity index (χ2v) is 5.01. The van der Waals surface area contributed by atoms with E-state index in [-0.39, 0.29) is 16.6 Å². The topological polar surface area (TPSA) is 107 Å². The monoisotopic (exact) mass is 315 g/mol. The summed E-state index contributed by atoms with van der Waals surface area (Å²) in [5.41, 5.74) is 6.53. The number of nitrogens with one attached hydrogen (secondary N) is 1. The number of carbonyl (C=O) groups is 1. The first-order chi connectivity index (χ1) is 9.86. The Hall–Kier alpha value is -1.70. The Kier molecular flexibility index (Phi) is 6.54. The van der Waals surface area contributed by atoms with E-state index in [9.17, 15) is 14.9 Å². The number of nitro groups is 1. The van der Waals surface area contributed by atoms with Crippen molar-refractivity contribution in [1.29, 1.82) is 0 Å². The van der Waals surface area contributed by atoms with Gasteiger partial charge in [0.1, 0.15) is 5.02 Å². The second-order valence-electron chi connectivity index (χ2n) is 4.61. The minimum absolute atomic E-state index is 0.0335. The van der Waals surface area contributed by atoms with Gasteiger partial charge in [-0.3, -0.25) is 14.9 Å². The molecule has 0 saturated heterocycles. The Morgan fingerprint density at radius 3 is 2.81 bits per heavy atom. The average Bonchev–Trinajstić information content (AvgIpc) is 2.42. The Labute approximate surface area is 127 Å². The van der Waals surface area contributed by atoms with Gasteiger partial charge >= 0.3 is 0 Å². The smallest absolute Gasteiger partial charge is 0.288 e. The molecule has 0 aliphatic rings. The van der Waals surface area contributed by atoms with Gasteiger partial charge in [0.15, 0.2) is 0 Å². The predicted octanol–water partition coefficient (Wildman–Crippen LogP) is 2.25. The molecule has 1 atom stereocenters. The molecule has 0 bridgehead atoms. The Morgan fingerprint density at radius 2 is 2.24 bits per heavy atom. The third-order valence-corrected chi connectivity index (χ3v) is 3.25. The third-order valence-electron chi connectivity index (χ3n) is 2.95. The molecule has 1 aromatic carbocycles. The average molecular weight is 316 g/mol. The van der Waals surface area contributed by atoms with Crippen LogP contribution in [-0.4, -0.2) is 30.6 Å². The largest absolute Gasteiger partial charge is 0.385 e. The lowest BCUT2D eigenvalue weighted by atomic mass is 10.1. The lowest BCUT2D eigenvalue weighted by molar-refractivity contribution is -0.384. The van der Waals surface area contributed by atoms with Crippen LogP contribution in [0, 0.1) is 17.0 Å². The van der Waals surface area contributed by atoms with Gasteiger partial charge in [-0.05, 0) is 31.4 Å². The van der Waals surface area contributed by atoms with Crippen LogP contribution in [0.25, 0.3) is 0 Å². The van der Waals surface area contributed by atoms with Gasteiger partial charge in [-0.1, -0.05) is 11.6 Å². The van der Waals surface area contributed by atoms with Crippen molar-refractivity contribution < 1.29 is 14.5 Å². The molecule has 21 heavy (non-hydrogen) atoms. The summed E-state index contributed by atoms with van der Waals surface area (Å²) in [6, 6.07) is 2.00. The molecular formula is C13H18ClN3O4. The number of nitro benzene ring substituents is 1. The van der Waals surface area contributed by atoms with Gasteiger partial charge in [0, 0.05) is 25.5 Å². The Balaban J connectivity index is 2.76. The van der Waals surface area contributed by atoms with Crippen molar-refractivity contribution in [3.05, 3.63) is 32.8 Å². The van der Waals surface area contributed by atoms with Crippen LogP contribution in [0.15, 0.2) is 12.1 Å². The number of rotatable bonds is 7. The maximum absolute atomic E-state index is 11.9. The number of aryl methyl sites for hydroxylation is 1. The summed E-state index contributed by atoms with van der Waals surface area (Å²) in [4.78, 5) is 22.1.